The maximum absolute atomic E-state index is 9.05. The van der Waals surface area contributed by atoms with E-state index in [1.807, 2.05) is 0 Å². The van der Waals surface area contributed by atoms with E-state index in [9.17, 15) is 0 Å². The lowest BCUT2D eigenvalue weighted by atomic mass is 10.1. The fourth-order valence-electron chi connectivity index (χ4n) is 0.760. The van der Waals surface area contributed by atoms with E-state index in [1.165, 1.54) is 0 Å². The van der Waals surface area contributed by atoms with Crippen molar-refractivity contribution in [3.8, 4) is 0 Å². The Morgan fingerprint density at radius 3 is 2.00 bits per heavy atom. The Kier molecular flexibility index (Phi) is 4.35. The number of thioether (sulfide) groups is 1. The summed E-state index contributed by atoms with van der Waals surface area (Å²) in [5, 5.41) is 34.4. The van der Waals surface area contributed by atoms with Crippen LogP contribution in [0.15, 0.2) is 0 Å². The molecule has 0 aliphatic carbocycles. The molecule has 0 saturated carbocycles. The standard InChI is InChI=1S/C6H13O4S/c1-3-4(11-2)6(9,10)5(7)8/h4,7-10H,3H2,1-2H3. The summed E-state index contributed by atoms with van der Waals surface area (Å²) >= 11 is 1.16. The van der Waals surface area contributed by atoms with Crippen molar-refractivity contribution in [2.75, 3.05) is 6.26 Å². The average molecular weight is 181 g/mol. The van der Waals surface area contributed by atoms with Crippen molar-refractivity contribution in [1.29, 1.82) is 0 Å². The van der Waals surface area contributed by atoms with Crippen LogP contribution in [0.1, 0.15) is 13.3 Å². The number of hydrogen-bond donors (Lipinski definition) is 4. The van der Waals surface area contributed by atoms with E-state index in [-0.39, 0.29) is 0 Å². The number of aliphatic hydroxyl groups is 4. The summed E-state index contributed by atoms with van der Waals surface area (Å²) in [5.41, 5.74) is 0. The second kappa shape index (κ2) is 4.27. The first-order valence-electron chi connectivity index (χ1n) is 3.19. The van der Waals surface area contributed by atoms with E-state index >= 15 is 0 Å². The third kappa shape index (κ3) is 2.61. The Balaban J connectivity index is 4.24. The smallest absolute Gasteiger partial charge is 0.281 e. The first kappa shape index (κ1) is 11.2. The highest BCUT2D eigenvalue weighted by Gasteiger charge is 2.41. The molecule has 1 unspecified atom stereocenters. The lowest BCUT2D eigenvalue weighted by molar-refractivity contribution is -0.226. The normalized spacial score (nSPS) is 15.5. The summed E-state index contributed by atoms with van der Waals surface area (Å²) in [7, 11) is 0. The molecular weight excluding hydrogens is 168 g/mol. The SMILES string of the molecule is CCC(SC)C(O)(O)[C](O)O. The number of aliphatic hydroxyl groups excluding tert-OH is 1. The molecule has 4 N–H and O–H groups in total. The molecule has 0 fully saturated rings. The minimum absolute atomic E-state index is 0.443. The maximum atomic E-state index is 9.05. The van der Waals surface area contributed by atoms with Gasteiger partial charge in [-0.3, -0.25) is 0 Å². The highest BCUT2D eigenvalue weighted by Crippen LogP contribution is 2.27. The molecule has 0 amide bonds. The van der Waals surface area contributed by atoms with Gasteiger partial charge < -0.3 is 20.4 Å². The van der Waals surface area contributed by atoms with E-state index in [0.717, 1.165) is 11.8 Å². The van der Waals surface area contributed by atoms with Gasteiger partial charge >= 0.3 is 0 Å². The number of hydrogen-bond acceptors (Lipinski definition) is 5. The monoisotopic (exact) mass is 181 g/mol. The van der Waals surface area contributed by atoms with Crippen molar-refractivity contribution >= 4 is 11.8 Å². The lowest BCUT2D eigenvalue weighted by Gasteiger charge is -2.29. The Morgan fingerprint density at radius 1 is 1.45 bits per heavy atom. The van der Waals surface area contributed by atoms with Crippen LogP contribution >= 0.6 is 11.8 Å². The van der Waals surface area contributed by atoms with Crippen LogP contribution in [0, 0.1) is 6.29 Å². The van der Waals surface area contributed by atoms with Crippen molar-refractivity contribution in [3.63, 3.8) is 0 Å². The molecule has 1 radical (unpaired) electrons. The van der Waals surface area contributed by atoms with Crippen molar-refractivity contribution in [1.82, 2.24) is 0 Å². The highest BCUT2D eigenvalue weighted by atomic mass is 32.2. The van der Waals surface area contributed by atoms with E-state index in [2.05, 4.69) is 0 Å². The molecule has 5 heteroatoms. The minimum atomic E-state index is -2.49. The molecule has 4 nitrogen and oxygen atoms in total. The van der Waals surface area contributed by atoms with E-state index in [1.54, 1.807) is 13.2 Å². The van der Waals surface area contributed by atoms with Gasteiger partial charge in [-0.2, -0.15) is 11.8 Å². The molecule has 0 aromatic rings. The second-order valence-electron chi connectivity index (χ2n) is 2.18. The maximum Gasteiger partial charge on any atom is 0.281 e. The minimum Gasteiger partial charge on any atom is -0.360 e. The molecule has 0 aromatic carbocycles. The third-order valence-electron chi connectivity index (χ3n) is 1.43. The van der Waals surface area contributed by atoms with Gasteiger partial charge in [-0.05, 0) is 12.7 Å². The van der Waals surface area contributed by atoms with Crippen LogP contribution in [0.2, 0.25) is 0 Å². The van der Waals surface area contributed by atoms with Gasteiger partial charge in [0.05, 0.1) is 5.25 Å². The Labute approximate surface area is 69.9 Å². The third-order valence-corrected chi connectivity index (χ3v) is 2.66. The molecule has 67 valence electrons. The fourth-order valence-corrected chi connectivity index (χ4v) is 1.53. The summed E-state index contributed by atoms with van der Waals surface area (Å²) in [6.45, 7) is 1.73. The van der Waals surface area contributed by atoms with Crippen LogP contribution in [-0.2, 0) is 0 Å². The van der Waals surface area contributed by atoms with Crippen molar-refractivity contribution in [2.24, 2.45) is 0 Å². The second-order valence-corrected chi connectivity index (χ2v) is 3.22. The van der Waals surface area contributed by atoms with Crippen LogP contribution in [0.4, 0.5) is 0 Å². The van der Waals surface area contributed by atoms with Gasteiger partial charge in [-0.1, -0.05) is 6.92 Å². The fraction of sp³-hybridized carbons (Fsp3) is 0.833. The van der Waals surface area contributed by atoms with E-state index < -0.39 is 17.3 Å². The molecular formula is C6H13O4S. The summed E-state index contributed by atoms with van der Waals surface area (Å²) in [5.74, 6) is -2.49. The lowest BCUT2D eigenvalue weighted by Crippen LogP contribution is -2.45. The Morgan fingerprint density at radius 2 is 1.91 bits per heavy atom. The molecule has 0 heterocycles. The molecule has 0 spiro atoms. The summed E-state index contributed by atoms with van der Waals surface area (Å²) in [6.07, 6.45) is 0.760. The first-order chi connectivity index (χ1) is 4.96. The largest absolute Gasteiger partial charge is 0.360 e. The summed E-state index contributed by atoms with van der Waals surface area (Å²) in [4.78, 5) is 0. The molecule has 0 aliphatic heterocycles. The van der Waals surface area contributed by atoms with Crippen LogP contribution in [0.5, 0.6) is 0 Å². The van der Waals surface area contributed by atoms with Gasteiger partial charge in [0.2, 0.25) is 5.79 Å². The zero-order chi connectivity index (χ0) is 9.07. The van der Waals surface area contributed by atoms with Crippen molar-refractivity contribution < 1.29 is 20.4 Å². The van der Waals surface area contributed by atoms with Gasteiger partial charge in [-0.15, -0.1) is 0 Å². The van der Waals surface area contributed by atoms with Gasteiger partial charge in [0.25, 0.3) is 6.29 Å². The molecule has 1 atom stereocenters. The Bertz CT molecular complexity index is 111. The van der Waals surface area contributed by atoms with Gasteiger partial charge in [-0.25, -0.2) is 0 Å². The quantitative estimate of drug-likeness (QED) is 0.460. The molecule has 11 heavy (non-hydrogen) atoms. The Hall–Kier alpha value is 0.190. The predicted molar refractivity (Wildman–Crippen MR) is 41.9 cm³/mol. The topological polar surface area (TPSA) is 80.9 Å². The van der Waals surface area contributed by atoms with Crippen molar-refractivity contribution in [2.45, 2.75) is 24.4 Å². The van der Waals surface area contributed by atoms with Crippen molar-refractivity contribution in [3.05, 3.63) is 6.29 Å². The zero-order valence-corrected chi connectivity index (χ0v) is 7.30. The molecule has 0 aromatic heterocycles. The molecule has 0 saturated heterocycles. The summed E-state index contributed by atoms with van der Waals surface area (Å²) in [6, 6.07) is 0. The van der Waals surface area contributed by atoms with E-state index in [4.69, 9.17) is 20.4 Å². The van der Waals surface area contributed by atoms with Crippen LogP contribution < -0.4 is 0 Å². The van der Waals surface area contributed by atoms with Gasteiger partial charge in [0.15, 0.2) is 0 Å². The number of rotatable bonds is 4. The average Bonchev–Trinajstić information content (AvgIpc) is 1.89. The molecule has 0 bridgehead atoms. The summed E-state index contributed by atoms with van der Waals surface area (Å²) < 4.78 is 0. The molecule has 0 rings (SSSR count). The highest BCUT2D eigenvalue weighted by molar-refractivity contribution is 7.99. The van der Waals surface area contributed by atoms with Gasteiger partial charge in [0.1, 0.15) is 0 Å². The molecule has 0 aliphatic rings. The first-order valence-corrected chi connectivity index (χ1v) is 4.48. The zero-order valence-electron chi connectivity index (χ0n) is 6.48. The van der Waals surface area contributed by atoms with Crippen LogP contribution in [-0.4, -0.2) is 37.7 Å². The van der Waals surface area contributed by atoms with E-state index in [0.29, 0.717) is 6.42 Å². The van der Waals surface area contributed by atoms with Gasteiger partial charge in [0, 0.05) is 0 Å². The predicted octanol–water partition coefficient (Wildman–Crippen LogP) is 0.0434. The van der Waals surface area contributed by atoms with Crippen LogP contribution in [0.3, 0.4) is 0 Å². The van der Waals surface area contributed by atoms with Crippen LogP contribution in [0.25, 0.3) is 0 Å².